The van der Waals surface area contributed by atoms with Crippen LogP contribution in [0.1, 0.15) is 39.0 Å². The van der Waals surface area contributed by atoms with Gasteiger partial charge in [-0.15, -0.1) is 0 Å². The van der Waals surface area contributed by atoms with Gasteiger partial charge < -0.3 is 15.4 Å². The number of primary amides is 1. The molecule has 1 rings (SSSR count). The molecule has 7 heteroatoms. The summed E-state index contributed by atoms with van der Waals surface area (Å²) in [6.45, 7) is 3.49. The van der Waals surface area contributed by atoms with Crippen molar-refractivity contribution in [2.75, 3.05) is 26.2 Å². The highest BCUT2D eigenvalue weighted by Gasteiger charge is 2.21. The molecule has 3 N–H and O–H groups in total. The molecule has 1 atom stereocenters. The highest BCUT2D eigenvalue weighted by Crippen LogP contribution is 2.11. The van der Waals surface area contributed by atoms with Crippen molar-refractivity contribution in [1.29, 1.82) is 0 Å². The molecule has 0 radical (unpaired) electrons. The fraction of sp³-hybridized carbons (Fsp3) is 0.786. The maximum absolute atomic E-state index is 12.0. The van der Waals surface area contributed by atoms with Crippen molar-refractivity contribution in [2.45, 2.75) is 45.1 Å². The first kappa shape index (κ1) is 17.4. The van der Waals surface area contributed by atoms with Crippen molar-refractivity contribution in [3.05, 3.63) is 0 Å². The zero-order chi connectivity index (χ0) is 15.7. The van der Waals surface area contributed by atoms with Gasteiger partial charge in [-0.1, -0.05) is 0 Å². The fourth-order valence-electron chi connectivity index (χ4n) is 2.33. The molecule has 120 valence electrons. The summed E-state index contributed by atoms with van der Waals surface area (Å²) in [6, 6.07) is -0.692. The molecular weight excluding hydrogens is 274 g/mol. The van der Waals surface area contributed by atoms with Gasteiger partial charge in [0, 0.05) is 19.5 Å². The lowest BCUT2D eigenvalue weighted by Gasteiger charge is -2.27. The number of rotatable bonds is 8. The van der Waals surface area contributed by atoms with Crippen molar-refractivity contribution in [3.8, 4) is 0 Å². The van der Waals surface area contributed by atoms with Gasteiger partial charge >= 0.3 is 5.97 Å². The normalized spacial score (nSPS) is 16.3. The van der Waals surface area contributed by atoms with E-state index in [1.165, 1.54) is 0 Å². The summed E-state index contributed by atoms with van der Waals surface area (Å²) >= 11 is 0. The van der Waals surface area contributed by atoms with Gasteiger partial charge in [0.1, 0.15) is 0 Å². The van der Waals surface area contributed by atoms with Crippen molar-refractivity contribution in [1.82, 2.24) is 10.2 Å². The number of carbonyl (C=O) groups is 3. The predicted octanol–water partition coefficient (Wildman–Crippen LogP) is -0.214. The number of hydrogen-bond acceptors (Lipinski definition) is 5. The first-order valence-electron chi connectivity index (χ1n) is 7.50. The number of piperidine rings is 1. The van der Waals surface area contributed by atoms with Gasteiger partial charge in [0.25, 0.3) is 0 Å². The number of nitrogens with zero attached hydrogens (tertiary/aromatic N) is 1. The quantitative estimate of drug-likeness (QED) is 0.604. The van der Waals surface area contributed by atoms with Crippen molar-refractivity contribution < 1.29 is 19.1 Å². The van der Waals surface area contributed by atoms with E-state index in [9.17, 15) is 14.4 Å². The predicted molar refractivity (Wildman–Crippen MR) is 77.3 cm³/mol. The molecule has 1 aliphatic rings. The third-order valence-corrected chi connectivity index (χ3v) is 3.50. The average Bonchev–Trinajstić information content (AvgIpc) is 2.47. The van der Waals surface area contributed by atoms with E-state index in [0.717, 1.165) is 32.4 Å². The molecule has 0 spiro atoms. The second kappa shape index (κ2) is 9.33. The maximum Gasteiger partial charge on any atom is 0.319 e. The lowest BCUT2D eigenvalue weighted by molar-refractivity contribution is -0.142. The molecule has 2 amide bonds. The number of carbonyl (C=O) groups excluding carboxylic acids is 3. The SMILES string of the molecule is CCOC(=O)CN[C@@H](CCC(=O)N1CCCCC1)C(N)=O. The standard InChI is InChI=1S/C14H25N3O4/c1-2-21-13(19)10-16-11(14(15)20)6-7-12(18)17-8-4-3-5-9-17/h11,16H,2-10H2,1H3,(H2,15,20)/t11-/m0/s1. The van der Waals surface area contributed by atoms with E-state index in [1.54, 1.807) is 6.92 Å². The zero-order valence-electron chi connectivity index (χ0n) is 12.6. The molecule has 1 fully saturated rings. The van der Waals surface area contributed by atoms with Crippen LogP contribution >= 0.6 is 0 Å². The summed E-state index contributed by atoms with van der Waals surface area (Å²) in [4.78, 5) is 36.4. The molecule has 0 aromatic heterocycles. The first-order valence-corrected chi connectivity index (χ1v) is 7.50. The van der Waals surface area contributed by atoms with Crippen LogP contribution in [0.15, 0.2) is 0 Å². The van der Waals surface area contributed by atoms with E-state index in [1.807, 2.05) is 4.90 Å². The lowest BCUT2D eigenvalue weighted by Crippen LogP contribution is -2.45. The second-order valence-electron chi connectivity index (χ2n) is 5.12. The number of esters is 1. The van der Waals surface area contributed by atoms with Crippen LogP contribution in [0.25, 0.3) is 0 Å². The average molecular weight is 299 g/mol. The monoisotopic (exact) mass is 299 g/mol. The van der Waals surface area contributed by atoms with Gasteiger partial charge in [-0.2, -0.15) is 0 Å². The van der Waals surface area contributed by atoms with Crippen molar-refractivity contribution >= 4 is 17.8 Å². The molecule has 1 saturated heterocycles. The Hall–Kier alpha value is -1.63. The third-order valence-electron chi connectivity index (χ3n) is 3.50. The van der Waals surface area contributed by atoms with Gasteiger partial charge in [-0.05, 0) is 32.6 Å². The van der Waals surface area contributed by atoms with E-state index in [0.29, 0.717) is 6.42 Å². The largest absolute Gasteiger partial charge is 0.465 e. The molecule has 0 aromatic carbocycles. The second-order valence-corrected chi connectivity index (χ2v) is 5.12. The van der Waals surface area contributed by atoms with E-state index in [2.05, 4.69) is 5.32 Å². The maximum atomic E-state index is 12.0. The number of nitrogens with one attached hydrogen (secondary N) is 1. The zero-order valence-corrected chi connectivity index (χ0v) is 12.6. The summed E-state index contributed by atoms with van der Waals surface area (Å²) in [6.07, 6.45) is 3.78. The Bertz CT molecular complexity index is 367. The first-order chi connectivity index (χ1) is 10.0. The van der Waals surface area contributed by atoms with Crippen LogP contribution in [-0.4, -0.2) is 55.0 Å². The van der Waals surface area contributed by atoms with Crippen LogP contribution in [0.4, 0.5) is 0 Å². The summed E-state index contributed by atoms with van der Waals surface area (Å²) < 4.78 is 4.76. The van der Waals surface area contributed by atoms with E-state index in [-0.39, 0.29) is 25.5 Å². The Kier molecular flexibility index (Phi) is 7.74. The number of amides is 2. The molecule has 0 unspecified atom stereocenters. The Labute approximate surface area is 125 Å². The Morgan fingerprint density at radius 3 is 2.48 bits per heavy atom. The number of hydrogen-bond donors (Lipinski definition) is 2. The van der Waals surface area contributed by atoms with Gasteiger partial charge in [0.15, 0.2) is 0 Å². The molecule has 1 heterocycles. The molecule has 21 heavy (non-hydrogen) atoms. The van der Waals surface area contributed by atoms with Gasteiger partial charge in [0.2, 0.25) is 11.8 Å². The van der Waals surface area contributed by atoms with Crippen molar-refractivity contribution in [2.24, 2.45) is 5.73 Å². The molecule has 1 aliphatic heterocycles. The summed E-state index contributed by atoms with van der Waals surface area (Å²) in [5.74, 6) is -0.962. The molecule has 0 aliphatic carbocycles. The lowest BCUT2D eigenvalue weighted by atomic mass is 10.1. The number of likely N-dealkylation sites (tertiary alicyclic amines) is 1. The smallest absolute Gasteiger partial charge is 0.319 e. The van der Waals surface area contributed by atoms with Crippen LogP contribution in [0, 0.1) is 0 Å². The minimum atomic E-state index is -0.692. The molecule has 0 aromatic rings. The Balaban J connectivity index is 2.34. The molecule has 0 bridgehead atoms. The topological polar surface area (TPSA) is 102 Å². The van der Waals surface area contributed by atoms with Gasteiger partial charge in [-0.25, -0.2) is 0 Å². The Morgan fingerprint density at radius 1 is 1.24 bits per heavy atom. The molecule has 7 nitrogen and oxygen atoms in total. The van der Waals surface area contributed by atoms with Crippen LogP contribution in [0.2, 0.25) is 0 Å². The van der Waals surface area contributed by atoms with Crippen LogP contribution in [0.5, 0.6) is 0 Å². The molecular formula is C14H25N3O4. The fourth-order valence-corrected chi connectivity index (χ4v) is 2.33. The van der Waals surface area contributed by atoms with E-state index < -0.39 is 17.9 Å². The summed E-state index contributed by atoms with van der Waals surface area (Å²) in [5, 5.41) is 2.74. The Morgan fingerprint density at radius 2 is 1.90 bits per heavy atom. The highest BCUT2D eigenvalue weighted by molar-refractivity contribution is 5.82. The van der Waals surface area contributed by atoms with Crippen LogP contribution < -0.4 is 11.1 Å². The summed E-state index contributed by atoms with van der Waals surface area (Å²) in [5.41, 5.74) is 5.28. The third kappa shape index (κ3) is 6.57. The van der Waals surface area contributed by atoms with Gasteiger partial charge in [-0.3, -0.25) is 19.7 Å². The van der Waals surface area contributed by atoms with E-state index in [4.69, 9.17) is 10.5 Å². The minimum absolute atomic E-state index is 0.0406. The highest BCUT2D eigenvalue weighted by atomic mass is 16.5. The summed E-state index contributed by atoms with van der Waals surface area (Å²) in [7, 11) is 0. The van der Waals surface area contributed by atoms with Crippen LogP contribution in [-0.2, 0) is 19.1 Å². The van der Waals surface area contributed by atoms with Crippen LogP contribution in [0.3, 0.4) is 0 Å². The number of nitrogens with two attached hydrogens (primary N) is 1. The van der Waals surface area contributed by atoms with E-state index >= 15 is 0 Å². The van der Waals surface area contributed by atoms with Gasteiger partial charge in [0.05, 0.1) is 19.2 Å². The molecule has 0 saturated carbocycles. The number of ether oxygens (including phenoxy) is 1. The van der Waals surface area contributed by atoms with Crippen molar-refractivity contribution in [3.63, 3.8) is 0 Å². The minimum Gasteiger partial charge on any atom is -0.465 e.